The molecule has 156 valence electrons. The van der Waals surface area contributed by atoms with Crippen LogP contribution in [0.4, 0.5) is 0 Å². The van der Waals surface area contributed by atoms with Crippen molar-refractivity contribution < 1.29 is 0 Å². The molecule has 0 aliphatic heterocycles. The Labute approximate surface area is 196 Å². The highest BCUT2D eigenvalue weighted by Gasteiger charge is 2.14. The van der Waals surface area contributed by atoms with Crippen molar-refractivity contribution in [3.8, 4) is 0 Å². The Kier molecular flexibility index (Phi) is 3.48. The Bertz CT molecular complexity index is 2100. The van der Waals surface area contributed by atoms with Crippen molar-refractivity contribution in [1.29, 1.82) is 0 Å². The summed E-state index contributed by atoms with van der Waals surface area (Å²) in [6.45, 7) is 0. The van der Waals surface area contributed by atoms with E-state index in [4.69, 9.17) is 0 Å². The Balaban J connectivity index is 1.83. The van der Waals surface area contributed by atoms with Gasteiger partial charge in [0.15, 0.2) is 0 Å². The van der Waals surface area contributed by atoms with Gasteiger partial charge in [0.2, 0.25) is 0 Å². The largest absolute Gasteiger partial charge is 0.0616 e. The molecular weight excluding hydrogens is 408 g/mol. The molecule has 34 heavy (non-hydrogen) atoms. The summed E-state index contributed by atoms with van der Waals surface area (Å²) in [6.07, 6.45) is 0. The lowest BCUT2D eigenvalue weighted by Gasteiger charge is -2.16. The predicted octanol–water partition coefficient (Wildman–Crippen LogP) is 9.76. The Morgan fingerprint density at radius 1 is 0.235 bits per heavy atom. The van der Waals surface area contributed by atoms with Gasteiger partial charge < -0.3 is 0 Å². The SMILES string of the molecule is c1cc2ccc3cc4c5ccccc5c5ccccc5c5ccccc5c4c4ccc(c1)c2c34. The zero-order chi connectivity index (χ0) is 22.2. The molecule has 0 atom stereocenters. The van der Waals surface area contributed by atoms with Gasteiger partial charge in [0.25, 0.3) is 0 Å². The Hall–Kier alpha value is -4.42. The molecule has 0 N–H and O–H groups in total. The highest BCUT2D eigenvalue weighted by molar-refractivity contribution is 6.36. The monoisotopic (exact) mass is 428 g/mol. The Morgan fingerprint density at radius 2 is 0.706 bits per heavy atom. The van der Waals surface area contributed by atoms with Crippen LogP contribution >= 0.6 is 0 Å². The molecule has 0 aliphatic carbocycles. The van der Waals surface area contributed by atoms with Crippen molar-refractivity contribution in [2.45, 2.75) is 0 Å². The van der Waals surface area contributed by atoms with Crippen LogP contribution in [0.15, 0.2) is 121 Å². The second-order valence-electron chi connectivity index (χ2n) is 9.29. The standard InChI is InChI=1S/C34H20/c1-2-11-25-24(10-1)26-12-3-4-14-28(26)31-20-23-17-16-21-8-7-9-22-18-19-30(33(23)32(21)22)34(31)29-15-6-5-13-27(25)29/h1-20H. The van der Waals surface area contributed by atoms with E-state index in [0.717, 1.165) is 0 Å². The van der Waals surface area contributed by atoms with Gasteiger partial charge in [-0.2, -0.15) is 0 Å². The van der Waals surface area contributed by atoms with Crippen LogP contribution in [0.25, 0.3) is 75.4 Å². The zero-order valence-corrected chi connectivity index (χ0v) is 18.5. The summed E-state index contributed by atoms with van der Waals surface area (Å²) in [6, 6.07) is 44.9. The zero-order valence-electron chi connectivity index (χ0n) is 18.5. The third-order valence-electron chi connectivity index (χ3n) is 7.57. The first-order valence-corrected chi connectivity index (χ1v) is 11.9. The van der Waals surface area contributed by atoms with Crippen LogP contribution in [0.2, 0.25) is 0 Å². The molecule has 0 saturated heterocycles. The first kappa shape index (κ1) is 18.1. The minimum Gasteiger partial charge on any atom is -0.0616 e. The van der Waals surface area contributed by atoms with Crippen molar-refractivity contribution in [3.63, 3.8) is 0 Å². The Morgan fingerprint density at radius 3 is 1.32 bits per heavy atom. The molecule has 8 rings (SSSR count). The molecule has 0 heteroatoms. The molecule has 0 heterocycles. The van der Waals surface area contributed by atoms with Gasteiger partial charge in [0.1, 0.15) is 0 Å². The maximum atomic E-state index is 2.42. The molecule has 0 spiro atoms. The maximum Gasteiger partial charge on any atom is -0.00197 e. The van der Waals surface area contributed by atoms with Gasteiger partial charge in [-0.05, 0) is 81.5 Å². The molecule has 0 fully saturated rings. The van der Waals surface area contributed by atoms with Gasteiger partial charge in [0.05, 0.1) is 0 Å². The summed E-state index contributed by atoms with van der Waals surface area (Å²) in [5.74, 6) is 0. The minimum atomic E-state index is 1.29. The summed E-state index contributed by atoms with van der Waals surface area (Å²) < 4.78 is 0. The van der Waals surface area contributed by atoms with Crippen molar-refractivity contribution in [1.82, 2.24) is 0 Å². The second kappa shape index (κ2) is 6.56. The highest BCUT2D eigenvalue weighted by atomic mass is 14.2. The van der Waals surface area contributed by atoms with Crippen LogP contribution < -0.4 is 0 Å². The molecule has 0 saturated carbocycles. The van der Waals surface area contributed by atoms with Crippen molar-refractivity contribution in [3.05, 3.63) is 121 Å². The van der Waals surface area contributed by atoms with E-state index in [-0.39, 0.29) is 0 Å². The van der Waals surface area contributed by atoms with E-state index in [9.17, 15) is 0 Å². The fraction of sp³-hybridized carbons (Fsp3) is 0. The predicted molar refractivity (Wildman–Crippen MR) is 149 cm³/mol. The molecule has 0 unspecified atom stereocenters. The first-order chi connectivity index (χ1) is 16.9. The van der Waals surface area contributed by atoms with Gasteiger partial charge in [-0.3, -0.25) is 0 Å². The van der Waals surface area contributed by atoms with Crippen LogP contribution in [0.5, 0.6) is 0 Å². The van der Waals surface area contributed by atoms with E-state index in [2.05, 4.69) is 121 Å². The number of rotatable bonds is 0. The smallest absolute Gasteiger partial charge is 0.00197 e. The average Bonchev–Trinajstić information content (AvgIpc) is 2.90. The van der Waals surface area contributed by atoms with Gasteiger partial charge in [-0.25, -0.2) is 0 Å². The van der Waals surface area contributed by atoms with Crippen molar-refractivity contribution >= 4 is 75.4 Å². The summed E-state index contributed by atoms with van der Waals surface area (Å²) >= 11 is 0. The fourth-order valence-electron chi connectivity index (χ4n) is 6.15. The lowest BCUT2D eigenvalue weighted by Crippen LogP contribution is -1.88. The van der Waals surface area contributed by atoms with Gasteiger partial charge in [0, 0.05) is 0 Å². The van der Waals surface area contributed by atoms with E-state index < -0.39 is 0 Å². The molecule has 8 aromatic rings. The summed E-state index contributed by atoms with van der Waals surface area (Å²) in [5, 5.41) is 18.4. The molecule has 0 amide bonds. The lowest BCUT2D eigenvalue weighted by atomic mass is 9.87. The highest BCUT2D eigenvalue weighted by Crippen LogP contribution is 2.43. The van der Waals surface area contributed by atoms with E-state index in [1.54, 1.807) is 0 Å². The number of benzene rings is 7. The lowest BCUT2D eigenvalue weighted by molar-refractivity contribution is 1.78. The van der Waals surface area contributed by atoms with Gasteiger partial charge in [-0.15, -0.1) is 0 Å². The quantitative estimate of drug-likeness (QED) is 0.211. The molecule has 8 aromatic carbocycles. The molecule has 0 aromatic heterocycles. The van der Waals surface area contributed by atoms with Gasteiger partial charge in [-0.1, -0.05) is 115 Å². The minimum absolute atomic E-state index is 1.29. The molecular formula is C34H20. The van der Waals surface area contributed by atoms with E-state index in [0.29, 0.717) is 0 Å². The van der Waals surface area contributed by atoms with E-state index in [1.807, 2.05) is 0 Å². The van der Waals surface area contributed by atoms with Crippen molar-refractivity contribution in [2.24, 2.45) is 0 Å². The van der Waals surface area contributed by atoms with Gasteiger partial charge >= 0.3 is 0 Å². The van der Waals surface area contributed by atoms with Crippen LogP contribution in [-0.4, -0.2) is 0 Å². The third kappa shape index (κ3) is 2.27. The van der Waals surface area contributed by atoms with Crippen molar-refractivity contribution in [2.75, 3.05) is 0 Å². The van der Waals surface area contributed by atoms with Crippen LogP contribution in [0.3, 0.4) is 0 Å². The first-order valence-electron chi connectivity index (χ1n) is 11.9. The maximum absolute atomic E-state index is 2.42. The third-order valence-corrected chi connectivity index (χ3v) is 7.57. The van der Waals surface area contributed by atoms with Crippen LogP contribution in [0.1, 0.15) is 0 Å². The summed E-state index contributed by atoms with van der Waals surface area (Å²) in [4.78, 5) is 0. The van der Waals surface area contributed by atoms with E-state index >= 15 is 0 Å². The molecule has 0 nitrogen and oxygen atoms in total. The molecule has 0 aliphatic rings. The molecule has 0 radical (unpaired) electrons. The van der Waals surface area contributed by atoms with Crippen LogP contribution in [0, 0.1) is 0 Å². The number of fused-ring (bicyclic) bond motifs is 9. The summed E-state index contributed by atoms with van der Waals surface area (Å²) in [5.41, 5.74) is 0. The average molecular weight is 429 g/mol. The van der Waals surface area contributed by atoms with E-state index in [1.165, 1.54) is 75.4 Å². The normalized spacial score (nSPS) is 12.1. The van der Waals surface area contributed by atoms with Crippen LogP contribution in [-0.2, 0) is 0 Å². The number of hydrogen-bond donors (Lipinski definition) is 0. The number of hydrogen-bond acceptors (Lipinski definition) is 0. The summed E-state index contributed by atoms with van der Waals surface area (Å²) in [7, 11) is 0. The molecule has 0 bridgehead atoms. The fourth-order valence-corrected chi connectivity index (χ4v) is 6.15. The second-order valence-corrected chi connectivity index (χ2v) is 9.29. The topological polar surface area (TPSA) is 0 Å².